The Labute approximate surface area is 140 Å². The molecule has 5 nitrogen and oxygen atoms in total. The molecule has 2 heterocycles. The third-order valence-corrected chi connectivity index (χ3v) is 4.77. The summed E-state index contributed by atoms with van der Waals surface area (Å²) in [5.74, 6) is 1.12. The zero-order chi connectivity index (χ0) is 15.2. The second-order valence-corrected chi connectivity index (χ2v) is 6.70. The van der Waals surface area contributed by atoms with Gasteiger partial charge in [-0.05, 0) is 37.5 Å². The minimum absolute atomic E-state index is 0. The van der Waals surface area contributed by atoms with E-state index in [1.54, 1.807) is 0 Å². The van der Waals surface area contributed by atoms with E-state index >= 15 is 0 Å². The molecule has 0 aromatic rings. The lowest BCUT2D eigenvalue weighted by Crippen LogP contribution is -2.49. The van der Waals surface area contributed by atoms with Gasteiger partial charge in [0.05, 0.1) is 12.1 Å². The van der Waals surface area contributed by atoms with Crippen LogP contribution in [0, 0.1) is 17.8 Å². The van der Waals surface area contributed by atoms with E-state index in [1.165, 1.54) is 0 Å². The van der Waals surface area contributed by atoms with Crippen LogP contribution in [0.4, 0.5) is 0 Å². The fourth-order valence-corrected chi connectivity index (χ4v) is 3.46. The molecule has 3 N–H and O–H groups in total. The fraction of sp³-hybridized carbons (Fsp3) is 0.938. The van der Waals surface area contributed by atoms with Gasteiger partial charge < -0.3 is 20.5 Å². The van der Waals surface area contributed by atoms with Crippen LogP contribution in [-0.2, 0) is 14.3 Å². The van der Waals surface area contributed by atoms with Gasteiger partial charge in [0, 0.05) is 32.3 Å². The van der Waals surface area contributed by atoms with Crippen molar-refractivity contribution in [3.05, 3.63) is 0 Å². The quantitative estimate of drug-likeness (QED) is 0.803. The molecule has 1 amide bonds. The Kier molecular flexibility index (Phi) is 8.69. The number of hydrogen-bond acceptors (Lipinski definition) is 4. The molecule has 22 heavy (non-hydrogen) atoms. The van der Waals surface area contributed by atoms with E-state index < -0.39 is 6.04 Å². The predicted molar refractivity (Wildman–Crippen MR) is 89.1 cm³/mol. The smallest absolute Gasteiger partial charge is 0.237 e. The van der Waals surface area contributed by atoms with E-state index in [-0.39, 0.29) is 30.3 Å². The van der Waals surface area contributed by atoms with E-state index in [9.17, 15) is 4.79 Å². The average Bonchev–Trinajstić information content (AvgIpc) is 2.52. The van der Waals surface area contributed by atoms with Crippen molar-refractivity contribution >= 4 is 18.3 Å². The lowest BCUT2D eigenvalue weighted by Gasteiger charge is -2.35. The predicted octanol–water partition coefficient (Wildman–Crippen LogP) is 1.73. The van der Waals surface area contributed by atoms with Crippen LogP contribution < -0.4 is 11.1 Å². The SMILES string of the molecule is CC(C)C1OCCCC1CNC(=O)C(N)C1CCOCC1.Cl. The van der Waals surface area contributed by atoms with Crippen LogP contribution in [0.25, 0.3) is 0 Å². The second kappa shape index (κ2) is 9.71. The van der Waals surface area contributed by atoms with Crippen molar-refractivity contribution in [3.8, 4) is 0 Å². The zero-order valence-electron chi connectivity index (χ0n) is 13.8. The van der Waals surface area contributed by atoms with E-state index in [1.807, 2.05) is 0 Å². The van der Waals surface area contributed by atoms with Crippen molar-refractivity contribution in [1.29, 1.82) is 0 Å². The van der Waals surface area contributed by atoms with Crippen LogP contribution in [0.5, 0.6) is 0 Å². The highest BCUT2D eigenvalue weighted by Crippen LogP contribution is 2.26. The monoisotopic (exact) mass is 334 g/mol. The maximum atomic E-state index is 12.2. The number of nitrogens with two attached hydrogens (primary N) is 1. The van der Waals surface area contributed by atoms with Crippen molar-refractivity contribution < 1.29 is 14.3 Å². The molecule has 0 bridgehead atoms. The number of nitrogens with one attached hydrogen (secondary N) is 1. The highest BCUT2D eigenvalue weighted by Gasteiger charge is 2.31. The molecule has 3 atom stereocenters. The van der Waals surface area contributed by atoms with Gasteiger partial charge in [0.1, 0.15) is 0 Å². The van der Waals surface area contributed by atoms with Gasteiger partial charge in [-0.15, -0.1) is 12.4 Å². The second-order valence-electron chi connectivity index (χ2n) is 6.70. The third kappa shape index (κ3) is 5.37. The van der Waals surface area contributed by atoms with Crippen molar-refractivity contribution in [3.63, 3.8) is 0 Å². The fourth-order valence-electron chi connectivity index (χ4n) is 3.46. The molecule has 6 heteroatoms. The van der Waals surface area contributed by atoms with Crippen molar-refractivity contribution in [2.75, 3.05) is 26.4 Å². The Balaban J connectivity index is 0.00000242. The van der Waals surface area contributed by atoms with Gasteiger partial charge in [-0.1, -0.05) is 13.8 Å². The summed E-state index contributed by atoms with van der Waals surface area (Å²) in [6, 6.07) is -0.407. The lowest BCUT2D eigenvalue weighted by atomic mass is 9.87. The highest BCUT2D eigenvalue weighted by molar-refractivity contribution is 5.85. The molecular formula is C16H31ClN2O3. The number of rotatable bonds is 5. The van der Waals surface area contributed by atoms with Gasteiger partial charge >= 0.3 is 0 Å². The number of ether oxygens (including phenoxy) is 2. The van der Waals surface area contributed by atoms with Crippen molar-refractivity contribution in [1.82, 2.24) is 5.32 Å². The Bertz CT molecular complexity index is 335. The minimum Gasteiger partial charge on any atom is -0.381 e. The Hall–Kier alpha value is -0.360. The van der Waals surface area contributed by atoms with Crippen LogP contribution in [0.15, 0.2) is 0 Å². The highest BCUT2D eigenvalue weighted by atomic mass is 35.5. The summed E-state index contributed by atoms with van der Waals surface area (Å²) in [7, 11) is 0. The van der Waals surface area contributed by atoms with Crippen LogP contribution in [-0.4, -0.2) is 44.4 Å². The molecule has 2 aliphatic rings. The summed E-state index contributed by atoms with van der Waals surface area (Å²) in [5.41, 5.74) is 6.10. The molecular weight excluding hydrogens is 304 g/mol. The van der Waals surface area contributed by atoms with E-state index in [2.05, 4.69) is 19.2 Å². The number of hydrogen-bond donors (Lipinski definition) is 2. The molecule has 0 spiro atoms. The van der Waals surface area contributed by atoms with E-state index in [0.29, 0.717) is 18.4 Å². The first kappa shape index (κ1) is 19.7. The molecule has 0 radical (unpaired) electrons. The number of amides is 1. The summed E-state index contributed by atoms with van der Waals surface area (Å²) < 4.78 is 11.2. The summed E-state index contributed by atoms with van der Waals surface area (Å²) in [5, 5.41) is 3.05. The average molecular weight is 335 g/mol. The van der Waals surface area contributed by atoms with Gasteiger partial charge in [0.25, 0.3) is 0 Å². The van der Waals surface area contributed by atoms with Gasteiger partial charge in [0.15, 0.2) is 0 Å². The van der Waals surface area contributed by atoms with Gasteiger partial charge in [-0.2, -0.15) is 0 Å². The minimum atomic E-state index is -0.407. The van der Waals surface area contributed by atoms with Crippen LogP contribution in [0.3, 0.4) is 0 Å². The molecule has 2 saturated heterocycles. The normalized spacial score (nSPS) is 28.0. The van der Waals surface area contributed by atoms with Crippen LogP contribution in [0.1, 0.15) is 39.5 Å². The molecule has 0 aromatic heterocycles. The van der Waals surface area contributed by atoms with E-state index in [4.69, 9.17) is 15.2 Å². The molecule has 130 valence electrons. The number of carbonyl (C=O) groups is 1. The van der Waals surface area contributed by atoms with Crippen molar-refractivity contribution in [2.45, 2.75) is 51.7 Å². The van der Waals surface area contributed by atoms with Crippen LogP contribution >= 0.6 is 12.4 Å². The first-order valence-electron chi connectivity index (χ1n) is 8.32. The molecule has 3 unspecified atom stereocenters. The summed E-state index contributed by atoms with van der Waals surface area (Å²) in [6.07, 6.45) is 4.22. The maximum Gasteiger partial charge on any atom is 0.237 e. The summed E-state index contributed by atoms with van der Waals surface area (Å²) >= 11 is 0. The molecule has 0 aliphatic carbocycles. The van der Waals surface area contributed by atoms with E-state index in [0.717, 1.165) is 45.5 Å². The molecule has 0 aromatic carbocycles. The molecule has 2 fully saturated rings. The van der Waals surface area contributed by atoms with Crippen LogP contribution in [0.2, 0.25) is 0 Å². The van der Waals surface area contributed by atoms with Gasteiger partial charge in [-0.25, -0.2) is 0 Å². The topological polar surface area (TPSA) is 73.6 Å². The summed E-state index contributed by atoms with van der Waals surface area (Å²) in [4.78, 5) is 12.2. The zero-order valence-corrected chi connectivity index (χ0v) is 14.6. The van der Waals surface area contributed by atoms with Gasteiger partial charge in [-0.3, -0.25) is 4.79 Å². The first-order valence-corrected chi connectivity index (χ1v) is 8.32. The Morgan fingerprint density at radius 2 is 1.91 bits per heavy atom. The standard InChI is InChI=1S/C16H30N2O3.ClH/c1-11(2)15-13(4-3-7-21-15)10-18-16(19)14(17)12-5-8-20-9-6-12;/h11-15H,3-10,17H2,1-2H3,(H,18,19);1H. The van der Waals surface area contributed by atoms with Crippen molar-refractivity contribution in [2.24, 2.45) is 23.5 Å². The maximum absolute atomic E-state index is 12.2. The molecule has 0 saturated carbocycles. The number of halogens is 1. The number of carbonyl (C=O) groups excluding carboxylic acids is 1. The molecule has 2 aliphatic heterocycles. The Morgan fingerprint density at radius 1 is 1.23 bits per heavy atom. The molecule has 2 rings (SSSR count). The lowest BCUT2D eigenvalue weighted by molar-refractivity contribution is -0.125. The largest absolute Gasteiger partial charge is 0.381 e. The first-order chi connectivity index (χ1) is 10.1. The Morgan fingerprint density at radius 3 is 2.55 bits per heavy atom. The third-order valence-electron chi connectivity index (χ3n) is 4.77. The summed E-state index contributed by atoms with van der Waals surface area (Å²) in [6.45, 7) is 7.32. The van der Waals surface area contributed by atoms with Gasteiger partial charge in [0.2, 0.25) is 5.91 Å².